The Morgan fingerprint density at radius 2 is 0.540 bits per heavy atom. The second kappa shape index (κ2) is 40.2. The molecule has 296 valence electrons. The lowest BCUT2D eigenvalue weighted by molar-refractivity contribution is -0.167. The molecule has 1 atom stereocenters. The number of carbonyl (C=O) groups is 3. The topological polar surface area (TPSA) is 78.9 Å². The highest BCUT2D eigenvalue weighted by Crippen LogP contribution is 2.16. The van der Waals surface area contributed by atoms with Crippen molar-refractivity contribution in [1.82, 2.24) is 0 Å². The van der Waals surface area contributed by atoms with Crippen LogP contribution in [0.1, 0.15) is 245 Å². The summed E-state index contributed by atoms with van der Waals surface area (Å²) < 4.78 is 16.6. The van der Waals surface area contributed by atoms with Crippen LogP contribution < -0.4 is 0 Å². The molecule has 50 heavy (non-hydrogen) atoms. The number of hydrogen-bond donors (Lipinski definition) is 0. The fraction of sp³-hybridized carbons (Fsp3) is 0.932. The molecule has 0 aromatic heterocycles. The zero-order valence-electron chi connectivity index (χ0n) is 33.7. The summed E-state index contributed by atoms with van der Waals surface area (Å²) in [5.41, 5.74) is 0. The van der Waals surface area contributed by atoms with Crippen LogP contribution in [0.25, 0.3) is 0 Å². The van der Waals surface area contributed by atoms with Crippen LogP contribution in [-0.4, -0.2) is 37.2 Å². The van der Waals surface area contributed by atoms with Gasteiger partial charge in [-0.15, -0.1) is 0 Å². The van der Waals surface area contributed by atoms with Crippen molar-refractivity contribution in [2.24, 2.45) is 0 Å². The van der Waals surface area contributed by atoms with Gasteiger partial charge in [0.1, 0.15) is 13.2 Å². The molecule has 0 heterocycles. The lowest BCUT2D eigenvalue weighted by Crippen LogP contribution is -2.30. The monoisotopic (exact) mass is 709 g/mol. The van der Waals surface area contributed by atoms with Gasteiger partial charge in [0.2, 0.25) is 0 Å². The molecule has 0 unspecified atom stereocenters. The highest BCUT2D eigenvalue weighted by Gasteiger charge is 2.19. The third-order valence-corrected chi connectivity index (χ3v) is 9.86. The molecule has 6 heteroatoms. The Labute approximate surface area is 310 Å². The first-order valence-corrected chi connectivity index (χ1v) is 22.0. The van der Waals surface area contributed by atoms with E-state index in [9.17, 15) is 14.4 Å². The number of unbranched alkanes of at least 4 members (excludes halogenated alkanes) is 29. The Hall–Kier alpha value is -1.59. The average Bonchev–Trinajstić information content (AvgIpc) is 3.11. The van der Waals surface area contributed by atoms with Crippen LogP contribution in [0.3, 0.4) is 0 Å². The predicted molar refractivity (Wildman–Crippen MR) is 210 cm³/mol. The molecule has 0 aromatic carbocycles. The molecule has 0 aliphatic rings. The third kappa shape index (κ3) is 37.7. The van der Waals surface area contributed by atoms with Crippen LogP contribution in [0.2, 0.25) is 0 Å². The lowest BCUT2D eigenvalue weighted by Gasteiger charge is -2.18. The molecule has 0 aliphatic heterocycles. The van der Waals surface area contributed by atoms with Crippen molar-refractivity contribution in [2.45, 2.75) is 252 Å². The van der Waals surface area contributed by atoms with E-state index in [2.05, 4.69) is 20.8 Å². The van der Waals surface area contributed by atoms with Crippen LogP contribution >= 0.6 is 0 Å². The lowest BCUT2D eigenvalue weighted by atomic mass is 10.0. The predicted octanol–water partition coefficient (Wildman–Crippen LogP) is 13.7. The maximum Gasteiger partial charge on any atom is 0.306 e. The van der Waals surface area contributed by atoms with Crippen molar-refractivity contribution in [1.29, 1.82) is 0 Å². The third-order valence-electron chi connectivity index (χ3n) is 9.86. The Kier molecular flexibility index (Phi) is 38.9. The smallest absolute Gasteiger partial charge is 0.306 e. The van der Waals surface area contributed by atoms with Crippen molar-refractivity contribution < 1.29 is 28.6 Å². The molecule has 0 saturated heterocycles. The van der Waals surface area contributed by atoms with Crippen molar-refractivity contribution >= 4 is 17.9 Å². The molecule has 0 saturated carbocycles. The molecule has 0 aromatic rings. The van der Waals surface area contributed by atoms with Crippen molar-refractivity contribution in [3.05, 3.63) is 0 Å². The van der Waals surface area contributed by atoms with E-state index in [-0.39, 0.29) is 31.1 Å². The normalized spacial score (nSPS) is 11.8. The summed E-state index contributed by atoms with van der Waals surface area (Å²) in [6, 6.07) is 0. The second-order valence-corrected chi connectivity index (χ2v) is 15.0. The number of ether oxygens (including phenoxy) is 3. The van der Waals surface area contributed by atoms with Crippen molar-refractivity contribution in [3.8, 4) is 0 Å². The van der Waals surface area contributed by atoms with Gasteiger partial charge in [-0.2, -0.15) is 0 Å². The molecular weight excluding hydrogens is 624 g/mol. The SMILES string of the molecule is CCCCCCCCCCCCCCCCCCC(=O)O[C@H](COC(=O)CCCCCCC)COC(=O)CCCCCCCCCCCCC. The van der Waals surface area contributed by atoms with Gasteiger partial charge in [0.15, 0.2) is 6.10 Å². The standard InChI is InChI=1S/C44H84O6/c1-4-7-10-13-15-17-19-20-21-22-23-25-27-29-32-35-38-44(47)50-41(39-48-42(45)36-33-30-12-9-6-3)40-49-43(46)37-34-31-28-26-24-18-16-14-11-8-5-2/h41H,4-40H2,1-3H3/t41-/m1/s1. The maximum absolute atomic E-state index is 12.6. The highest BCUT2D eigenvalue weighted by molar-refractivity contribution is 5.71. The van der Waals surface area contributed by atoms with Crippen LogP contribution in [-0.2, 0) is 28.6 Å². The summed E-state index contributed by atoms with van der Waals surface area (Å²) in [6.07, 6.45) is 39.7. The van der Waals surface area contributed by atoms with Crippen LogP contribution in [0.4, 0.5) is 0 Å². The number of hydrogen-bond acceptors (Lipinski definition) is 6. The molecule has 0 fully saturated rings. The van der Waals surface area contributed by atoms with E-state index >= 15 is 0 Å². The van der Waals surface area contributed by atoms with E-state index < -0.39 is 6.10 Å². The summed E-state index contributed by atoms with van der Waals surface area (Å²) >= 11 is 0. The Bertz CT molecular complexity index is 738. The van der Waals surface area contributed by atoms with Gasteiger partial charge in [-0.05, 0) is 19.3 Å². The Morgan fingerprint density at radius 1 is 0.320 bits per heavy atom. The maximum atomic E-state index is 12.6. The second-order valence-electron chi connectivity index (χ2n) is 15.0. The number of carbonyl (C=O) groups excluding carboxylic acids is 3. The molecular formula is C44H84O6. The van der Waals surface area contributed by atoms with Gasteiger partial charge in [-0.3, -0.25) is 14.4 Å². The van der Waals surface area contributed by atoms with Crippen LogP contribution in [0.15, 0.2) is 0 Å². The van der Waals surface area contributed by atoms with Gasteiger partial charge in [-0.25, -0.2) is 0 Å². The minimum absolute atomic E-state index is 0.0641. The molecule has 6 nitrogen and oxygen atoms in total. The largest absolute Gasteiger partial charge is 0.462 e. The van der Waals surface area contributed by atoms with Crippen molar-refractivity contribution in [3.63, 3.8) is 0 Å². The first-order chi connectivity index (χ1) is 24.5. The minimum atomic E-state index is -0.756. The zero-order chi connectivity index (χ0) is 36.6. The summed E-state index contributed by atoms with van der Waals surface area (Å²) in [4.78, 5) is 37.4. The highest BCUT2D eigenvalue weighted by atomic mass is 16.6. The van der Waals surface area contributed by atoms with E-state index in [1.165, 1.54) is 141 Å². The first kappa shape index (κ1) is 48.4. The molecule has 0 spiro atoms. The van der Waals surface area contributed by atoms with Gasteiger partial charge in [0.25, 0.3) is 0 Å². The quantitative estimate of drug-likeness (QED) is 0.0358. The number of rotatable bonds is 40. The van der Waals surface area contributed by atoms with Gasteiger partial charge in [0, 0.05) is 19.3 Å². The van der Waals surface area contributed by atoms with Gasteiger partial charge in [-0.1, -0.05) is 207 Å². The van der Waals surface area contributed by atoms with Gasteiger partial charge < -0.3 is 14.2 Å². The van der Waals surface area contributed by atoms with E-state index in [0.29, 0.717) is 19.3 Å². The van der Waals surface area contributed by atoms with E-state index in [1.54, 1.807) is 0 Å². The summed E-state index contributed by atoms with van der Waals surface area (Å²) in [6.45, 7) is 6.56. The van der Waals surface area contributed by atoms with Crippen molar-refractivity contribution in [2.75, 3.05) is 13.2 Å². The van der Waals surface area contributed by atoms with E-state index in [0.717, 1.165) is 64.2 Å². The number of esters is 3. The zero-order valence-corrected chi connectivity index (χ0v) is 33.7. The fourth-order valence-corrected chi connectivity index (χ4v) is 6.50. The van der Waals surface area contributed by atoms with Gasteiger partial charge in [0.05, 0.1) is 0 Å². The van der Waals surface area contributed by atoms with Crippen LogP contribution in [0.5, 0.6) is 0 Å². The molecule has 0 N–H and O–H groups in total. The van der Waals surface area contributed by atoms with Crippen LogP contribution in [0, 0.1) is 0 Å². The first-order valence-electron chi connectivity index (χ1n) is 22.0. The molecule has 0 bridgehead atoms. The summed E-state index contributed by atoms with van der Waals surface area (Å²) in [5, 5.41) is 0. The van der Waals surface area contributed by atoms with E-state index in [1.807, 2.05) is 0 Å². The fourth-order valence-electron chi connectivity index (χ4n) is 6.50. The molecule has 0 rings (SSSR count). The summed E-state index contributed by atoms with van der Waals surface area (Å²) in [7, 11) is 0. The molecule has 0 radical (unpaired) electrons. The summed E-state index contributed by atoms with van der Waals surface area (Å²) in [5.74, 6) is -0.868. The Morgan fingerprint density at radius 3 is 0.800 bits per heavy atom. The molecule has 0 amide bonds. The minimum Gasteiger partial charge on any atom is -0.462 e. The van der Waals surface area contributed by atoms with E-state index in [4.69, 9.17) is 14.2 Å². The Balaban J connectivity index is 4.18. The average molecular weight is 709 g/mol. The molecule has 0 aliphatic carbocycles. The van der Waals surface area contributed by atoms with Gasteiger partial charge >= 0.3 is 17.9 Å².